The van der Waals surface area contributed by atoms with Crippen molar-refractivity contribution in [1.29, 1.82) is 5.26 Å². The van der Waals surface area contributed by atoms with Crippen LogP contribution in [0, 0.1) is 11.3 Å². The number of nitriles is 1. The monoisotopic (exact) mass is 111 g/mol. The van der Waals surface area contributed by atoms with E-state index in [1.165, 1.54) is 0 Å². The summed E-state index contributed by atoms with van der Waals surface area (Å²) in [6.45, 7) is 3.30. The van der Waals surface area contributed by atoms with Crippen molar-refractivity contribution in [1.82, 2.24) is 0 Å². The van der Waals surface area contributed by atoms with Crippen LogP contribution in [-0.2, 0) is 0 Å². The molecular formula is C6H9NO. The maximum Gasteiger partial charge on any atom is 0.0971 e. The smallest absolute Gasteiger partial charge is 0.0971 e. The summed E-state index contributed by atoms with van der Waals surface area (Å²) in [4.78, 5) is 0. The fraction of sp³-hybridized carbons (Fsp3) is 0.500. The normalized spacial score (nSPS) is 15.0. The zero-order chi connectivity index (χ0) is 6.57. The molecule has 0 aliphatic carbocycles. The van der Waals surface area contributed by atoms with E-state index in [0.717, 1.165) is 0 Å². The summed E-state index contributed by atoms with van der Waals surface area (Å²) in [5, 5.41) is 16.9. The fourth-order valence-corrected chi connectivity index (χ4v) is 0.399. The van der Waals surface area contributed by atoms with Gasteiger partial charge in [-0.2, -0.15) is 5.26 Å². The highest BCUT2D eigenvalue weighted by Crippen LogP contribution is 1.97. The van der Waals surface area contributed by atoms with E-state index in [9.17, 15) is 0 Å². The van der Waals surface area contributed by atoms with Crippen LogP contribution in [0.2, 0.25) is 0 Å². The lowest BCUT2D eigenvalue weighted by atomic mass is 10.2. The van der Waals surface area contributed by atoms with Gasteiger partial charge in [0, 0.05) is 0 Å². The Kier molecular flexibility index (Phi) is 2.90. The number of hydrogen-bond donors (Lipinski definition) is 1. The highest BCUT2D eigenvalue weighted by atomic mass is 16.3. The van der Waals surface area contributed by atoms with Gasteiger partial charge in [-0.15, -0.1) is 0 Å². The molecule has 1 N–H and O–H groups in total. The zero-order valence-electron chi connectivity index (χ0n) is 5.05. The molecule has 0 fully saturated rings. The summed E-state index contributed by atoms with van der Waals surface area (Å²) in [5.74, 6) is 0. The minimum absolute atomic E-state index is 0.421. The van der Waals surface area contributed by atoms with Gasteiger partial charge in [0.1, 0.15) is 0 Å². The molecule has 0 aromatic carbocycles. The maximum absolute atomic E-state index is 8.72. The lowest BCUT2D eigenvalue weighted by Gasteiger charge is -1.96. The molecule has 0 aromatic heterocycles. The van der Waals surface area contributed by atoms with E-state index in [1.54, 1.807) is 19.9 Å². The SMILES string of the molecule is C/C=C(\C#N)C(C)O. The van der Waals surface area contributed by atoms with Gasteiger partial charge < -0.3 is 5.11 Å². The first-order valence-corrected chi connectivity index (χ1v) is 2.46. The number of nitrogens with zero attached hydrogens (tertiary/aromatic N) is 1. The standard InChI is InChI=1S/C6H9NO/c1-3-6(4-7)5(2)8/h3,5,8H,1-2H3/b6-3+. The molecule has 44 valence electrons. The Bertz CT molecular complexity index is 130. The van der Waals surface area contributed by atoms with Crippen molar-refractivity contribution in [2.24, 2.45) is 0 Å². The summed E-state index contributed by atoms with van der Waals surface area (Å²) >= 11 is 0. The van der Waals surface area contributed by atoms with Crippen molar-refractivity contribution in [3.05, 3.63) is 11.6 Å². The van der Waals surface area contributed by atoms with Crippen molar-refractivity contribution in [3.63, 3.8) is 0 Å². The maximum atomic E-state index is 8.72. The summed E-state index contributed by atoms with van der Waals surface area (Å²) in [7, 11) is 0. The Labute approximate surface area is 49.1 Å². The Morgan fingerprint density at radius 2 is 2.38 bits per heavy atom. The van der Waals surface area contributed by atoms with Crippen LogP contribution in [0.25, 0.3) is 0 Å². The molecule has 0 rings (SSSR count). The Balaban J connectivity index is 3.98. The second-order valence-electron chi connectivity index (χ2n) is 1.53. The van der Waals surface area contributed by atoms with E-state index in [1.807, 2.05) is 6.07 Å². The highest BCUT2D eigenvalue weighted by molar-refractivity contribution is 5.22. The van der Waals surface area contributed by atoms with E-state index in [4.69, 9.17) is 10.4 Å². The van der Waals surface area contributed by atoms with Crippen LogP contribution >= 0.6 is 0 Å². The van der Waals surface area contributed by atoms with Crippen LogP contribution in [0.1, 0.15) is 13.8 Å². The lowest BCUT2D eigenvalue weighted by Crippen LogP contribution is -2.01. The van der Waals surface area contributed by atoms with Gasteiger partial charge in [0.25, 0.3) is 0 Å². The minimum atomic E-state index is -0.620. The lowest BCUT2D eigenvalue weighted by molar-refractivity contribution is 0.236. The quantitative estimate of drug-likeness (QED) is 0.509. The fourth-order valence-electron chi connectivity index (χ4n) is 0.399. The molecule has 0 amide bonds. The van der Waals surface area contributed by atoms with Crippen LogP contribution in [0.15, 0.2) is 11.6 Å². The van der Waals surface area contributed by atoms with Gasteiger partial charge in [-0.25, -0.2) is 0 Å². The van der Waals surface area contributed by atoms with Gasteiger partial charge in [0.2, 0.25) is 0 Å². The summed E-state index contributed by atoms with van der Waals surface area (Å²) < 4.78 is 0. The van der Waals surface area contributed by atoms with Gasteiger partial charge in [-0.3, -0.25) is 0 Å². The topological polar surface area (TPSA) is 44.0 Å². The van der Waals surface area contributed by atoms with Crippen molar-refractivity contribution >= 4 is 0 Å². The Morgan fingerprint density at radius 1 is 1.88 bits per heavy atom. The summed E-state index contributed by atoms with van der Waals surface area (Å²) in [6.07, 6.45) is 0.981. The third kappa shape index (κ3) is 1.76. The number of aliphatic hydroxyl groups excluding tert-OH is 1. The average Bonchev–Trinajstić information content (AvgIpc) is 1.69. The first-order valence-electron chi connectivity index (χ1n) is 2.46. The average molecular weight is 111 g/mol. The summed E-state index contributed by atoms with van der Waals surface area (Å²) in [5.41, 5.74) is 0.421. The van der Waals surface area contributed by atoms with Gasteiger partial charge in [-0.1, -0.05) is 6.08 Å². The molecule has 0 radical (unpaired) electrons. The third-order valence-corrected chi connectivity index (χ3v) is 0.890. The Hall–Kier alpha value is -0.810. The van der Waals surface area contributed by atoms with Gasteiger partial charge in [0.15, 0.2) is 0 Å². The highest BCUT2D eigenvalue weighted by Gasteiger charge is 1.98. The van der Waals surface area contributed by atoms with Crippen molar-refractivity contribution in [2.75, 3.05) is 0 Å². The van der Waals surface area contributed by atoms with Crippen LogP contribution in [0.3, 0.4) is 0 Å². The molecule has 0 saturated carbocycles. The zero-order valence-corrected chi connectivity index (χ0v) is 5.05. The molecule has 0 aromatic rings. The van der Waals surface area contributed by atoms with Gasteiger partial charge in [0.05, 0.1) is 17.7 Å². The molecule has 0 bridgehead atoms. The molecule has 1 unspecified atom stereocenters. The predicted molar refractivity (Wildman–Crippen MR) is 31.1 cm³/mol. The molecule has 2 heteroatoms. The molecular weight excluding hydrogens is 102 g/mol. The molecule has 2 nitrogen and oxygen atoms in total. The van der Waals surface area contributed by atoms with Crippen molar-refractivity contribution in [2.45, 2.75) is 20.0 Å². The Morgan fingerprint density at radius 3 is 2.38 bits per heavy atom. The molecule has 0 saturated heterocycles. The van der Waals surface area contributed by atoms with E-state index in [2.05, 4.69) is 0 Å². The summed E-state index contributed by atoms with van der Waals surface area (Å²) in [6, 6.07) is 1.86. The molecule has 0 spiro atoms. The molecule has 0 heterocycles. The molecule has 8 heavy (non-hydrogen) atoms. The van der Waals surface area contributed by atoms with Crippen molar-refractivity contribution in [3.8, 4) is 6.07 Å². The number of aliphatic hydroxyl groups is 1. The first-order chi connectivity index (χ1) is 3.72. The molecule has 1 atom stereocenters. The number of hydrogen-bond acceptors (Lipinski definition) is 2. The van der Waals surface area contributed by atoms with Gasteiger partial charge >= 0.3 is 0 Å². The van der Waals surface area contributed by atoms with E-state index >= 15 is 0 Å². The van der Waals surface area contributed by atoms with Crippen LogP contribution in [0.5, 0.6) is 0 Å². The second kappa shape index (κ2) is 3.23. The largest absolute Gasteiger partial charge is 0.388 e. The van der Waals surface area contributed by atoms with Crippen LogP contribution in [0.4, 0.5) is 0 Å². The number of rotatable bonds is 1. The third-order valence-electron chi connectivity index (χ3n) is 0.890. The minimum Gasteiger partial charge on any atom is -0.388 e. The first kappa shape index (κ1) is 7.19. The van der Waals surface area contributed by atoms with Crippen molar-refractivity contribution < 1.29 is 5.11 Å². The molecule has 0 aliphatic rings. The van der Waals surface area contributed by atoms with E-state index < -0.39 is 6.10 Å². The van der Waals surface area contributed by atoms with E-state index in [0.29, 0.717) is 5.57 Å². The van der Waals surface area contributed by atoms with Crippen LogP contribution in [-0.4, -0.2) is 11.2 Å². The number of allylic oxidation sites excluding steroid dienone is 1. The second-order valence-corrected chi connectivity index (χ2v) is 1.53. The van der Waals surface area contributed by atoms with E-state index in [-0.39, 0.29) is 0 Å². The van der Waals surface area contributed by atoms with Gasteiger partial charge in [-0.05, 0) is 13.8 Å². The molecule has 0 aliphatic heterocycles. The van der Waals surface area contributed by atoms with Crippen LogP contribution < -0.4 is 0 Å². The predicted octanol–water partition coefficient (Wildman–Crippen LogP) is 0.837.